The van der Waals surface area contributed by atoms with Crippen LogP contribution in [0.15, 0.2) is 212 Å². The quantitative estimate of drug-likeness (QED) is 0.168. The highest BCUT2D eigenvalue weighted by Gasteiger charge is 2.22. The van der Waals surface area contributed by atoms with E-state index in [1.165, 1.54) is 87.7 Å². The van der Waals surface area contributed by atoms with E-state index >= 15 is 0 Å². The lowest BCUT2D eigenvalue weighted by molar-refractivity contribution is 1.17. The van der Waals surface area contributed by atoms with Crippen LogP contribution < -0.4 is 0 Å². The average Bonchev–Trinajstić information content (AvgIpc) is 3.92. The minimum absolute atomic E-state index is 1.15. The molecule has 0 unspecified atom stereocenters. The van der Waals surface area contributed by atoms with E-state index in [0.29, 0.717) is 0 Å². The topological polar surface area (TPSA) is 14.8 Å². The van der Waals surface area contributed by atoms with Crippen molar-refractivity contribution in [1.82, 2.24) is 13.7 Å². The molecule has 0 aliphatic heterocycles. The summed E-state index contributed by atoms with van der Waals surface area (Å²) in [6, 6.07) is 77.3. The normalized spacial score (nSPS) is 11.9. The Morgan fingerprint density at radius 2 is 0.684 bits per heavy atom. The number of benzene rings is 9. The zero-order valence-electron chi connectivity index (χ0n) is 31.0. The molecule has 0 bridgehead atoms. The summed E-state index contributed by atoms with van der Waals surface area (Å²) in [6.45, 7) is 0. The lowest BCUT2D eigenvalue weighted by Crippen LogP contribution is -1.97. The summed E-state index contributed by atoms with van der Waals surface area (Å²) in [5, 5.41) is 7.55. The number of para-hydroxylation sites is 5. The van der Waals surface area contributed by atoms with Crippen molar-refractivity contribution in [2.45, 2.75) is 0 Å². The van der Waals surface area contributed by atoms with Gasteiger partial charge in [0.25, 0.3) is 0 Å². The Morgan fingerprint density at radius 1 is 0.246 bits per heavy atom. The summed E-state index contributed by atoms with van der Waals surface area (Å²) in [6.07, 6.45) is 0. The molecule has 57 heavy (non-hydrogen) atoms. The van der Waals surface area contributed by atoms with Crippen LogP contribution >= 0.6 is 0 Å². The molecule has 0 aliphatic carbocycles. The van der Waals surface area contributed by atoms with Gasteiger partial charge in [-0.15, -0.1) is 0 Å². The average molecular weight is 726 g/mol. The van der Waals surface area contributed by atoms with Crippen LogP contribution in [-0.2, 0) is 0 Å². The molecule has 0 spiro atoms. The van der Waals surface area contributed by atoms with E-state index in [9.17, 15) is 0 Å². The summed E-state index contributed by atoms with van der Waals surface area (Å²) in [5.74, 6) is 0. The first-order chi connectivity index (χ1) is 28.3. The fourth-order valence-corrected chi connectivity index (χ4v) is 9.40. The number of nitrogens with zero attached hydrogens (tertiary/aromatic N) is 3. The lowest BCUT2D eigenvalue weighted by Gasteiger charge is -2.15. The Labute approximate surface area is 329 Å². The van der Waals surface area contributed by atoms with Gasteiger partial charge in [0.1, 0.15) is 0 Å². The van der Waals surface area contributed by atoms with Crippen molar-refractivity contribution >= 4 is 65.4 Å². The van der Waals surface area contributed by atoms with E-state index in [4.69, 9.17) is 0 Å². The van der Waals surface area contributed by atoms with Crippen molar-refractivity contribution in [3.63, 3.8) is 0 Å². The van der Waals surface area contributed by atoms with Gasteiger partial charge in [0, 0.05) is 49.3 Å². The van der Waals surface area contributed by atoms with Gasteiger partial charge < -0.3 is 13.7 Å². The van der Waals surface area contributed by atoms with Crippen molar-refractivity contribution in [1.29, 1.82) is 0 Å². The van der Waals surface area contributed by atoms with Gasteiger partial charge in [-0.1, -0.05) is 140 Å². The minimum Gasteiger partial charge on any atom is -0.309 e. The van der Waals surface area contributed by atoms with Crippen molar-refractivity contribution < 1.29 is 0 Å². The Morgan fingerprint density at radius 3 is 1.39 bits per heavy atom. The maximum absolute atomic E-state index is 2.48. The number of rotatable bonds is 5. The molecule has 0 aliphatic rings. The molecule has 9 aromatic carbocycles. The van der Waals surface area contributed by atoms with Crippen molar-refractivity contribution in [2.24, 2.45) is 0 Å². The molecule has 3 heterocycles. The molecular weight excluding hydrogens is 691 g/mol. The van der Waals surface area contributed by atoms with Crippen molar-refractivity contribution in [3.05, 3.63) is 212 Å². The second-order valence-corrected chi connectivity index (χ2v) is 14.9. The van der Waals surface area contributed by atoms with Gasteiger partial charge in [-0.3, -0.25) is 0 Å². The van der Waals surface area contributed by atoms with Crippen LogP contribution in [-0.4, -0.2) is 13.7 Å². The first kappa shape index (κ1) is 31.7. The molecule has 3 nitrogen and oxygen atoms in total. The smallest absolute Gasteiger partial charge is 0.0549 e. The van der Waals surface area contributed by atoms with Crippen LogP contribution in [0.1, 0.15) is 0 Å². The predicted octanol–water partition coefficient (Wildman–Crippen LogP) is 14.3. The van der Waals surface area contributed by atoms with Crippen LogP contribution in [0, 0.1) is 0 Å². The monoisotopic (exact) mass is 725 g/mol. The molecule has 0 amide bonds. The van der Waals surface area contributed by atoms with E-state index in [2.05, 4.69) is 226 Å². The van der Waals surface area contributed by atoms with Gasteiger partial charge in [-0.25, -0.2) is 0 Å². The summed E-state index contributed by atoms with van der Waals surface area (Å²) in [4.78, 5) is 0. The Hall–Kier alpha value is -7.62. The summed E-state index contributed by atoms with van der Waals surface area (Å²) >= 11 is 0. The van der Waals surface area contributed by atoms with Gasteiger partial charge in [0.05, 0.1) is 38.8 Å². The molecule has 3 heteroatoms. The van der Waals surface area contributed by atoms with Gasteiger partial charge in [-0.05, 0) is 89.5 Å². The van der Waals surface area contributed by atoms with Crippen LogP contribution in [0.2, 0.25) is 0 Å². The minimum atomic E-state index is 1.15. The second-order valence-electron chi connectivity index (χ2n) is 14.9. The molecule has 3 aromatic heterocycles. The molecule has 0 atom stereocenters. The van der Waals surface area contributed by atoms with Gasteiger partial charge >= 0.3 is 0 Å². The molecule has 0 radical (unpaired) electrons. The third-order valence-electron chi connectivity index (χ3n) is 11.8. The maximum atomic E-state index is 2.48. The molecule has 0 saturated carbocycles. The summed E-state index contributed by atoms with van der Waals surface area (Å²) < 4.78 is 7.29. The van der Waals surface area contributed by atoms with E-state index in [0.717, 1.165) is 17.1 Å². The number of hydrogen-bond acceptors (Lipinski definition) is 0. The standard InChI is InChI=1S/C54H35N3/c1-3-15-36(16-4-1)37-27-30-40(31-28-37)55-47-24-12-8-20-42(47)45-35-38(29-32-50(45)55)41-19-7-11-23-46(41)57-49-26-14-10-22-44(49)54-52(57)34-33-51-53(54)43-21-9-13-25-48(43)56(51)39-17-5-2-6-18-39/h1-35H. The highest BCUT2D eigenvalue weighted by atomic mass is 15.0. The lowest BCUT2D eigenvalue weighted by atomic mass is 10.0. The zero-order chi connectivity index (χ0) is 37.5. The van der Waals surface area contributed by atoms with E-state index in [-0.39, 0.29) is 0 Å². The Bertz CT molecular complexity index is 3490. The third-order valence-corrected chi connectivity index (χ3v) is 11.8. The molecule has 0 fully saturated rings. The Balaban J connectivity index is 1.07. The fourth-order valence-electron chi connectivity index (χ4n) is 9.40. The van der Waals surface area contributed by atoms with Crippen LogP contribution in [0.4, 0.5) is 0 Å². The predicted molar refractivity (Wildman–Crippen MR) is 240 cm³/mol. The van der Waals surface area contributed by atoms with Crippen LogP contribution in [0.3, 0.4) is 0 Å². The zero-order valence-corrected chi connectivity index (χ0v) is 31.0. The number of hydrogen-bond donors (Lipinski definition) is 0. The first-order valence-electron chi connectivity index (χ1n) is 19.6. The molecule has 12 rings (SSSR count). The van der Waals surface area contributed by atoms with E-state index < -0.39 is 0 Å². The van der Waals surface area contributed by atoms with Gasteiger partial charge in [0.2, 0.25) is 0 Å². The molecule has 12 aromatic rings. The summed E-state index contributed by atoms with van der Waals surface area (Å²) in [7, 11) is 0. The van der Waals surface area contributed by atoms with Crippen LogP contribution in [0.5, 0.6) is 0 Å². The number of fused-ring (bicyclic) bond motifs is 10. The second kappa shape index (κ2) is 12.5. The van der Waals surface area contributed by atoms with Crippen molar-refractivity contribution in [2.75, 3.05) is 0 Å². The highest BCUT2D eigenvalue weighted by Crippen LogP contribution is 2.44. The molecule has 266 valence electrons. The fraction of sp³-hybridized carbons (Fsp3) is 0. The Kier molecular flexibility index (Phi) is 6.93. The largest absolute Gasteiger partial charge is 0.309 e. The van der Waals surface area contributed by atoms with Crippen molar-refractivity contribution in [3.8, 4) is 39.3 Å². The number of aromatic nitrogens is 3. The van der Waals surface area contributed by atoms with Crippen LogP contribution in [0.25, 0.3) is 105 Å². The van der Waals surface area contributed by atoms with E-state index in [1.807, 2.05) is 0 Å². The molecule has 0 saturated heterocycles. The molecule has 0 N–H and O–H groups in total. The third kappa shape index (κ3) is 4.73. The maximum Gasteiger partial charge on any atom is 0.0549 e. The molecular formula is C54H35N3. The summed E-state index contributed by atoms with van der Waals surface area (Å²) in [5.41, 5.74) is 15.5. The van der Waals surface area contributed by atoms with E-state index in [1.54, 1.807) is 0 Å². The first-order valence-corrected chi connectivity index (χ1v) is 19.6. The van der Waals surface area contributed by atoms with Gasteiger partial charge in [0.15, 0.2) is 0 Å². The highest BCUT2D eigenvalue weighted by molar-refractivity contribution is 6.29. The van der Waals surface area contributed by atoms with Gasteiger partial charge in [-0.2, -0.15) is 0 Å². The SMILES string of the molecule is c1ccc(-c2ccc(-n3c4ccccc4c4cc(-c5ccccc5-n5c6ccccc6c6c7c8ccccc8n(-c8ccccc8)c7ccc65)ccc43)cc2)cc1.